The van der Waals surface area contributed by atoms with Gasteiger partial charge in [0.2, 0.25) is 0 Å². The Bertz CT molecular complexity index is 572. The lowest BCUT2D eigenvalue weighted by atomic mass is 9.79. The van der Waals surface area contributed by atoms with Crippen molar-refractivity contribution in [2.24, 2.45) is 23.7 Å². The van der Waals surface area contributed by atoms with Gasteiger partial charge in [0.05, 0.1) is 0 Å². The first kappa shape index (κ1) is 25.0. The normalized spacial score (nSPS) is 27.9. The molecule has 0 aliphatic heterocycles. The minimum atomic E-state index is -0.727. The summed E-state index contributed by atoms with van der Waals surface area (Å²) in [5, 5.41) is 0. The Hall–Kier alpha value is -2.24. The van der Waals surface area contributed by atoms with Crippen molar-refractivity contribution in [3.05, 3.63) is 25.3 Å². The lowest BCUT2D eigenvalue weighted by Crippen LogP contribution is -2.32. The van der Waals surface area contributed by atoms with E-state index in [1.807, 2.05) is 12.2 Å². The quantitative estimate of drug-likeness (QED) is 0.259. The highest BCUT2D eigenvalue weighted by atomic mass is 16.6. The van der Waals surface area contributed by atoms with E-state index in [9.17, 15) is 19.2 Å². The standard InChI is InChI=1S/C25H36O6/c1-3-18-8-12-20(13-9-18)22(16-26)30-24(28)6-5-7-25(29)31-23(17-27)21-14-10-19(4-2)11-15-21/h3-4,16-23H,1-2,5-15H2. The summed E-state index contributed by atoms with van der Waals surface area (Å²) >= 11 is 0. The van der Waals surface area contributed by atoms with Crippen LogP contribution in [-0.2, 0) is 28.7 Å². The van der Waals surface area contributed by atoms with Crippen LogP contribution in [0.15, 0.2) is 25.3 Å². The number of hydrogen-bond acceptors (Lipinski definition) is 6. The largest absolute Gasteiger partial charge is 0.454 e. The van der Waals surface area contributed by atoms with Gasteiger partial charge in [-0.15, -0.1) is 13.2 Å². The van der Waals surface area contributed by atoms with E-state index in [-0.39, 0.29) is 31.1 Å². The van der Waals surface area contributed by atoms with E-state index >= 15 is 0 Å². The Morgan fingerprint density at radius 3 is 1.35 bits per heavy atom. The predicted molar refractivity (Wildman–Crippen MR) is 117 cm³/mol. The number of carbonyl (C=O) groups is 4. The SMILES string of the molecule is C=CC1CCC(C(C=O)OC(=O)CCCC(=O)OC(C=O)C2CCC(C=C)CC2)CC1. The highest BCUT2D eigenvalue weighted by Crippen LogP contribution is 2.33. The zero-order valence-corrected chi connectivity index (χ0v) is 18.4. The molecule has 6 heteroatoms. The average molecular weight is 433 g/mol. The van der Waals surface area contributed by atoms with E-state index in [0.717, 1.165) is 51.4 Å². The summed E-state index contributed by atoms with van der Waals surface area (Å²) in [5.41, 5.74) is 0. The van der Waals surface area contributed by atoms with Crippen molar-refractivity contribution >= 4 is 24.5 Å². The van der Waals surface area contributed by atoms with Gasteiger partial charge in [-0.1, -0.05) is 12.2 Å². The Labute approximate surface area is 185 Å². The summed E-state index contributed by atoms with van der Waals surface area (Å²) in [5.74, 6) is 0.0742. The number of ether oxygens (including phenoxy) is 2. The van der Waals surface area contributed by atoms with Crippen LogP contribution in [0, 0.1) is 23.7 Å². The molecule has 0 N–H and O–H groups in total. The fraction of sp³-hybridized carbons (Fsp3) is 0.680. The maximum absolute atomic E-state index is 12.1. The summed E-state index contributed by atoms with van der Waals surface area (Å²) in [4.78, 5) is 47.1. The average Bonchev–Trinajstić information content (AvgIpc) is 2.81. The predicted octanol–water partition coefficient (Wildman–Crippen LogP) is 4.36. The Kier molecular flexibility index (Phi) is 10.7. The van der Waals surface area contributed by atoms with Crippen LogP contribution in [0.2, 0.25) is 0 Å². The first-order valence-corrected chi connectivity index (χ1v) is 11.5. The molecule has 0 heterocycles. The van der Waals surface area contributed by atoms with E-state index in [1.54, 1.807) is 0 Å². The van der Waals surface area contributed by atoms with Crippen molar-refractivity contribution in [3.63, 3.8) is 0 Å². The van der Waals surface area contributed by atoms with Crippen LogP contribution in [-0.4, -0.2) is 36.7 Å². The van der Waals surface area contributed by atoms with Crippen molar-refractivity contribution in [2.45, 2.75) is 82.8 Å². The number of allylic oxidation sites excluding steroid dienone is 2. The molecule has 0 bridgehead atoms. The second kappa shape index (κ2) is 13.2. The fourth-order valence-electron chi connectivity index (χ4n) is 4.69. The molecule has 0 spiro atoms. The molecule has 6 nitrogen and oxygen atoms in total. The summed E-state index contributed by atoms with van der Waals surface area (Å²) < 4.78 is 10.7. The van der Waals surface area contributed by atoms with E-state index in [2.05, 4.69) is 13.2 Å². The molecule has 2 rings (SSSR count). The zero-order valence-electron chi connectivity index (χ0n) is 18.4. The van der Waals surface area contributed by atoms with Crippen LogP contribution in [0.25, 0.3) is 0 Å². The molecule has 2 aliphatic carbocycles. The van der Waals surface area contributed by atoms with E-state index < -0.39 is 24.1 Å². The monoisotopic (exact) mass is 432 g/mol. The fourth-order valence-corrected chi connectivity index (χ4v) is 4.69. The van der Waals surface area contributed by atoms with Crippen LogP contribution in [0.4, 0.5) is 0 Å². The second-order valence-electron chi connectivity index (χ2n) is 8.86. The van der Waals surface area contributed by atoms with Gasteiger partial charge in [0.15, 0.2) is 24.8 Å². The molecule has 2 fully saturated rings. The van der Waals surface area contributed by atoms with Crippen molar-refractivity contribution in [3.8, 4) is 0 Å². The van der Waals surface area contributed by atoms with Gasteiger partial charge in [-0.25, -0.2) is 0 Å². The van der Waals surface area contributed by atoms with E-state index in [4.69, 9.17) is 9.47 Å². The van der Waals surface area contributed by atoms with Crippen molar-refractivity contribution in [1.29, 1.82) is 0 Å². The Morgan fingerprint density at radius 1 is 0.710 bits per heavy atom. The summed E-state index contributed by atoms with van der Waals surface area (Å²) in [7, 11) is 0. The lowest BCUT2D eigenvalue weighted by Gasteiger charge is -2.30. The Morgan fingerprint density at radius 2 is 1.06 bits per heavy atom. The van der Waals surface area contributed by atoms with Gasteiger partial charge in [0, 0.05) is 24.7 Å². The van der Waals surface area contributed by atoms with Gasteiger partial charge in [0.1, 0.15) is 0 Å². The number of esters is 2. The number of carbonyl (C=O) groups excluding carboxylic acids is 4. The first-order chi connectivity index (χ1) is 15.0. The maximum Gasteiger partial charge on any atom is 0.306 e. The van der Waals surface area contributed by atoms with Crippen molar-refractivity contribution in [2.75, 3.05) is 0 Å². The van der Waals surface area contributed by atoms with E-state index in [1.165, 1.54) is 0 Å². The van der Waals surface area contributed by atoms with Gasteiger partial charge >= 0.3 is 11.9 Å². The number of hydrogen-bond donors (Lipinski definition) is 0. The second-order valence-corrected chi connectivity index (χ2v) is 8.86. The molecular formula is C25H36O6. The molecule has 0 aromatic carbocycles. The van der Waals surface area contributed by atoms with Crippen LogP contribution in [0.3, 0.4) is 0 Å². The van der Waals surface area contributed by atoms with Gasteiger partial charge in [0.25, 0.3) is 0 Å². The minimum Gasteiger partial charge on any atom is -0.454 e. The third-order valence-electron chi connectivity index (χ3n) is 6.79. The van der Waals surface area contributed by atoms with Crippen molar-refractivity contribution < 1.29 is 28.7 Å². The molecule has 172 valence electrons. The molecular weight excluding hydrogens is 396 g/mol. The third-order valence-corrected chi connectivity index (χ3v) is 6.79. The maximum atomic E-state index is 12.1. The van der Waals surface area contributed by atoms with Crippen LogP contribution < -0.4 is 0 Å². The molecule has 0 radical (unpaired) electrons. The van der Waals surface area contributed by atoms with Gasteiger partial charge in [-0.05, 0) is 69.6 Å². The molecule has 2 aliphatic rings. The molecule has 0 aromatic heterocycles. The highest BCUT2D eigenvalue weighted by molar-refractivity contribution is 5.75. The molecule has 2 atom stereocenters. The third kappa shape index (κ3) is 8.08. The Balaban J connectivity index is 1.67. The summed E-state index contributed by atoms with van der Waals surface area (Å²) in [6.07, 6.45) is 11.3. The molecule has 2 unspecified atom stereocenters. The van der Waals surface area contributed by atoms with Crippen LogP contribution in [0.5, 0.6) is 0 Å². The topological polar surface area (TPSA) is 86.7 Å². The molecule has 0 amide bonds. The molecule has 31 heavy (non-hydrogen) atoms. The van der Waals surface area contributed by atoms with Gasteiger partial charge in [-0.3, -0.25) is 19.2 Å². The molecule has 0 aromatic rings. The molecule has 0 saturated heterocycles. The van der Waals surface area contributed by atoms with E-state index in [0.29, 0.717) is 24.4 Å². The van der Waals surface area contributed by atoms with Gasteiger partial charge in [-0.2, -0.15) is 0 Å². The number of rotatable bonds is 12. The summed E-state index contributed by atoms with van der Waals surface area (Å²) in [6, 6.07) is 0. The zero-order chi connectivity index (χ0) is 22.6. The lowest BCUT2D eigenvalue weighted by molar-refractivity contribution is -0.157. The van der Waals surface area contributed by atoms with Gasteiger partial charge < -0.3 is 9.47 Å². The van der Waals surface area contributed by atoms with Crippen LogP contribution in [0.1, 0.15) is 70.6 Å². The highest BCUT2D eigenvalue weighted by Gasteiger charge is 2.30. The first-order valence-electron chi connectivity index (χ1n) is 11.5. The smallest absolute Gasteiger partial charge is 0.306 e. The van der Waals surface area contributed by atoms with Crippen LogP contribution >= 0.6 is 0 Å². The minimum absolute atomic E-state index is 0.0393. The van der Waals surface area contributed by atoms with Crippen molar-refractivity contribution in [1.82, 2.24) is 0 Å². The number of aldehydes is 2. The molecule has 2 saturated carbocycles. The summed E-state index contributed by atoms with van der Waals surface area (Å²) in [6.45, 7) is 7.62.